The lowest BCUT2D eigenvalue weighted by Crippen LogP contribution is -2.34. The first-order valence-electron chi connectivity index (χ1n) is 5.21. The summed E-state index contributed by atoms with van der Waals surface area (Å²) < 4.78 is 0. The maximum absolute atomic E-state index is 11.7. The maximum Gasteiger partial charge on any atom is 0.251 e. The number of benzene rings is 1. The quantitative estimate of drug-likeness (QED) is 0.437. The summed E-state index contributed by atoms with van der Waals surface area (Å²) in [6, 6.07) is 4.05. The van der Waals surface area contributed by atoms with Gasteiger partial charge in [0.2, 0.25) is 5.91 Å². The number of carbonyl (C=O) groups is 2. The number of hydrogen-bond donors (Lipinski definition) is 5. The molecule has 0 heterocycles. The molecule has 1 unspecified atom stereocenters. The van der Waals surface area contributed by atoms with Crippen molar-refractivity contribution in [2.24, 2.45) is 5.73 Å². The van der Waals surface area contributed by atoms with Crippen molar-refractivity contribution in [3.63, 3.8) is 0 Å². The molecule has 7 N–H and O–H groups in total. The summed E-state index contributed by atoms with van der Waals surface area (Å²) in [6.07, 6.45) is -1.04. The molecule has 0 fully saturated rings. The van der Waals surface area contributed by atoms with Crippen LogP contribution in [0.3, 0.4) is 0 Å². The number of nitrogen functional groups attached to an aromatic ring is 1. The smallest absolute Gasteiger partial charge is 0.251 e. The van der Waals surface area contributed by atoms with Crippen molar-refractivity contribution in [1.29, 1.82) is 0 Å². The molecule has 0 aliphatic carbocycles. The van der Waals surface area contributed by atoms with Crippen LogP contribution < -0.4 is 16.8 Å². The molecule has 0 spiro atoms. The molecule has 19 heavy (non-hydrogen) atoms. The number of amides is 2. The Morgan fingerprint density at radius 1 is 1.26 bits per heavy atom. The van der Waals surface area contributed by atoms with Gasteiger partial charge in [0.1, 0.15) is 0 Å². The van der Waals surface area contributed by atoms with Gasteiger partial charge in [0.15, 0.2) is 0 Å². The SMILES string of the molecule is Cl.NC(=O)c1cc(N)cc(C(=O)NCC(O)CO)c1. The summed E-state index contributed by atoms with van der Waals surface area (Å²) in [6.45, 7) is -0.556. The van der Waals surface area contributed by atoms with E-state index in [0.29, 0.717) is 0 Å². The summed E-state index contributed by atoms with van der Waals surface area (Å²) in [5.74, 6) is -1.20. The molecule has 106 valence electrons. The van der Waals surface area contributed by atoms with Gasteiger partial charge in [-0.25, -0.2) is 0 Å². The lowest BCUT2D eigenvalue weighted by Gasteiger charge is -2.10. The second kappa shape index (κ2) is 7.57. The molecule has 1 atom stereocenters. The number of anilines is 1. The molecule has 0 aliphatic rings. The van der Waals surface area contributed by atoms with E-state index in [4.69, 9.17) is 21.7 Å². The normalized spacial score (nSPS) is 11.3. The third kappa shape index (κ3) is 5.12. The molecule has 0 bridgehead atoms. The zero-order valence-electron chi connectivity index (χ0n) is 10.00. The molecule has 0 aromatic heterocycles. The zero-order chi connectivity index (χ0) is 13.7. The minimum atomic E-state index is -1.04. The van der Waals surface area contributed by atoms with E-state index in [0.717, 1.165) is 0 Å². The van der Waals surface area contributed by atoms with Crippen molar-refractivity contribution in [3.05, 3.63) is 29.3 Å². The Kier molecular flexibility index (Phi) is 6.84. The summed E-state index contributed by atoms with van der Waals surface area (Å²) in [5.41, 5.74) is 11.2. The van der Waals surface area contributed by atoms with Gasteiger partial charge in [-0.2, -0.15) is 0 Å². The van der Waals surface area contributed by atoms with E-state index in [2.05, 4.69) is 5.32 Å². The van der Waals surface area contributed by atoms with Gasteiger partial charge in [0.25, 0.3) is 5.91 Å². The molecule has 0 saturated heterocycles. The molecule has 8 heteroatoms. The lowest BCUT2D eigenvalue weighted by atomic mass is 10.1. The largest absolute Gasteiger partial charge is 0.399 e. The van der Waals surface area contributed by atoms with Crippen molar-refractivity contribution in [2.75, 3.05) is 18.9 Å². The summed E-state index contributed by atoms with van der Waals surface area (Å²) in [4.78, 5) is 22.7. The van der Waals surface area contributed by atoms with E-state index in [1.165, 1.54) is 18.2 Å². The van der Waals surface area contributed by atoms with Crippen molar-refractivity contribution in [3.8, 4) is 0 Å². The molecule has 0 aliphatic heterocycles. The summed E-state index contributed by atoms with van der Waals surface area (Å²) in [7, 11) is 0. The first-order valence-corrected chi connectivity index (χ1v) is 5.21. The van der Waals surface area contributed by atoms with Gasteiger partial charge < -0.3 is 27.0 Å². The number of hydrogen-bond acceptors (Lipinski definition) is 5. The Labute approximate surface area is 116 Å². The average Bonchev–Trinajstić information content (AvgIpc) is 2.34. The van der Waals surface area contributed by atoms with Crippen LogP contribution in [0.1, 0.15) is 20.7 Å². The van der Waals surface area contributed by atoms with Gasteiger partial charge in [-0.1, -0.05) is 0 Å². The highest BCUT2D eigenvalue weighted by atomic mass is 35.5. The molecule has 0 radical (unpaired) electrons. The third-order valence-corrected chi connectivity index (χ3v) is 2.21. The molecule has 1 aromatic rings. The Hall–Kier alpha value is -1.83. The summed E-state index contributed by atoms with van der Waals surface area (Å²) in [5, 5.41) is 20.1. The van der Waals surface area contributed by atoms with Gasteiger partial charge in [0.05, 0.1) is 12.7 Å². The van der Waals surface area contributed by atoms with Crippen LogP contribution in [0.4, 0.5) is 5.69 Å². The van der Waals surface area contributed by atoms with Gasteiger partial charge in [0, 0.05) is 23.4 Å². The van der Waals surface area contributed by atoms with Crippen LogP contribution in [0, 0.1) is 0 Å². The number of primary amides is 1. The van der Waals surface area contributed by atoms with Crippen molar-refractivity contribution in [2.45, 2.75) is 6.10 Å². The van der Waals surface area contributed by atoms with Crippen LogP contribution in [-0.2, 0) is 0 Å². The Morgan fingerprint density at radius 3 is 2.37 bits per heavy atom. The first-order chi connectivity index (χ1) is 8.43. The third-order valence-electron chi connectivity index (χ3n) is 2.21. The topological polar surface area (TPSA) is 139 Å². The lowest BCUT2D eigenvalue weighted by molar-refractivity contribution is 0.0802. The number of aliphatic hydroxyl groups excluding tert-OH is 2. The predicted molar refractivity (Wildman–Crippen MR) is 72.0 cm³/mol. The minimum Gasteiger partial charge on any atom is -0.399 e. The number of nitrogens with one attached hydrogen (secondary N) is 1. The number of aliphatic hydroxyl groups is 2. The number of rotatable bonds is 5. The predicted octanol–water partition coefficient (Wildman–Crippen LogP) is -1.13. The average molecular weight is 290 g/mol. The molecular formula is C11H16ClN3O4. The van der Waals surface area contributed by atoms with E-state index in [1.807, 2.05) is 0 Å². The van der Waals surface area contributed by atoms with Gasteiger partial charge >= 0.3 is 0 Å². The van der Waals surface area contributed by atoms with Crippen molar-refractivity contribution in [1.82, 2.24) is 5.32 Å². The number of carbonyl (C=O) groups excluding carboxylic acids is 2. The van der Waals surface area contributed by atoms with Crippen LogP contribution in [0.25, 0.3) is 0 Å². The highest BCUT2D eigenvalue weighted by Gasteiger charge is 2.11. The summed E-state index contributed by atoms with van der Waals surface area (Å²) >= 11 is 0. The van der Waals surface area contributed by atoms with E-state index in [9.17, 15) is 9.59 Å². The number of halogens is 1. The molecule has 2 amide bonds. The molecular weight excluding hydrogens is 274 g/mol. The number of nitrogens with two attached hydrogens (primary N) is 2. The van der Waals surface area contributed by atoms with Crippen LogP contribution in [0.2, 0.25) is 0 Å². The maximum atomic E-state index is 11.7. The molecule has 1 rings (SSSR count). The first kappa shape index (κ1) is 17.2. The van der Waals surface area contributed by atoms with E-state index in [1.54, 1.807) is 0 Å². The van der Waals surface area contributed by atoms with E-state index >= 15 is 0 Å². The second-order valence-electron chi connectivity index (χ2n) is 3.75. The fourth-order valence-corrected chi connectivity index (χ4v) is 1.30. The van der Waals surface area contributed by atoms with Crippen molar-refractivity contribution >= 4 is 29.9 Å². The fourth-order valence-electron chi connectivity index (χ4n) is 1.30. The molecule has 0 saturated carbocycles. The van der Waals surface area contributed by atoms with Crippen molar-refractivity contribution < 1.29 is 19.8 Å². The standard InChI is InChI=1S/C11H15N3O4.ClH/c12-8-2-6(10(13)17)1-7(3-8)11(18)14-4-9(16)5-15;/h1-3,9,15-16H,4-5,12H2,(H2,13,17)(H,14,18);1H. The zero-order valence-corrected chi connectivity index (χ0v) is 10.8. The van der Waals surface area contributed by atoms with Gasteiger partial charge in [-0.15, -0.1) is 12.4 Å². The van der Waals surface area contributed by atoms with Gasteiger partial charge in [-0.05, 0) is 18.2 Å². The highest BCUT2D eigenvalue weighted by molar-refractivity contribution is 6.00. The van der Waals surface area contributed by atoms with Crippen LogP contribution in [-0.4, -0.2) is 41.3 Å². The highest BCUT2D eigenvalue weighted by Crippen LogP contribution is 2.11. The molecule has 7 nitrogen and oxygen atoms in total. The monoisotopic (exact) mass is 289 g/mol. The van der Waals surface area contributed by atoms with Crippen LogP contribution in [0.15, 0.2) is 18.2 Å². The van der Waals surface area contributed by atoms with Crippen LogP contribution in [0.5, 0.6) is 0 Å². The fraction of sp³-hybridized carbons (Fsp3) is 0.273. The van der Waals surface area contributed by atoms with E-state index in [-0.39, 0.29) is 35.8 Å². The second-order valence-corrected chi connectivity index (χ2v) is 3.75. The minimum absolute atomic E-state index is 0. The van der Waals surface area contributed by atoms with E-state index < -0.39 is 24.5 Å². The molecule has 1 aromatic carbocycles. The van der Waals surface area contributed by atoms with Gasteiger partial charge in [-0.3, -0.25) is 9.59 Å². The Morgan fingerprint density at radius 2 is 1.84 bits per heavy atom. The Bertz CT molecular complexity index is 467. The van der Waals surface area contributed by atoms with Crippen LogP contribution >= 0.6 is 12.4 Å². The Balaban J connectivity index is 0.00000324.